The summed E-state index contributed by atoms with van der Waals surface area (Å²) in [4.78, 5) is 16.9. The van der Waals surface area contributed by atoms with Crippen LogP contribution in [0.2, 0.25) is 0 Å². The quantitative estimate of drug-likeness (QED) is 0.380. The number of hydrogen-bond donors (Lipinski definition) is 0. The van der Waals surface area contributed by atoms with Crippen LogP contribution >= 0.6 is 11.3 Å². The molecular weight excluding hydrogens is 306 g/mol. The number of nitrogens with zero attached hydrogens (tertiary/aromatic N) is 1. The molecule has 2 aromatic carbocycles. The zero-order valence-electron chi connectivity index (χ0n) is 12.6. The molecule has 114 valence electrons. The molecule has 0 fully saturated rings. The molecule has 3 rings (SSSR count). The largest absolute Gasteiger partial charge is 0.437 e. The maximum Gasteiger partial charge on any atom is 0.227 e. The Balaban J connectivity index is 2.01. The van der Waals surface area contributed by atoms with Gasteiger partial charge in [0.1, 0.15) is 4.88 Å². The molecule has 0 atom stereocenters. The van der Waals surface area contributed by atoms with E-state index in [9.17, 15) is 4.79 Å². The van der Waals surface area contributed by atoms with Crippen molar-refractivity contribution in [1.82, 2.24) is 0 Å². The van der Waals surface area contributed by atoms with E-state index in [1.807, 2.05) is 66.0 Å². The molecule has 0 spiro atoms. The molecule has 1 heterocycles. The lowest BCUT2D eigenvalue weighted by atomic mass is 10.2. The van der Waals surface area contributed by atoms with E-state index in [0.717, 1.165) is 11.3 Å². The van der Waals surface area contributed by atoms with E-state index in [4.69, 9.17) is 4.74 Å². The molecule has 0 N–H and O–H groups in total. The van der Waals surface area contributed by atoms with Crippen LogP contribution in [0.3, 0.4) is 0 Å². The second-order valence-corrected chi connectivity index (χ2v) is 5.81. The minimum absolute atomic E-state index is 0.0119. The van der Waals surface area contributed by atoms with Crippen molar-refractivity contribution in [2.75, 3.05) is 0 Å². The van der Waals surface area contributed by atoms with Gasteiger partial charge >= 0.3 is 0 Å². The number of para-hydroxylation sites is 1. The van der Waals surface area contributed by atoms with E-state index < -0.39 is 0 Å². The number of carbonyl (C=O) groups excluding carboxylic acids is 1. The van der Waals surface area contributed by atoms with E-state index in [2.05, 4.69) is 4.99 Å². The van der Waals surface area contributed by atoms with Gasteiger partial charge in [-0.25, -0.2) is 4.99 Å². The molecule has 4 heteroatoms. The van der Waals surface area contributed by atoms with Crippen LogP contribution in [0.25, 0.3) is 0 Å². The Morgan fingerprint density at radius 2 is 1.61 bits per heavy atom. The Morgan fingerprint density at radius 3 is 2.26 bits per heavy atom. The highest BCUT2D eigenvalue weighted by Gasteiger charge is 2.14. The summed E-state index contributed by atoms with van der Waals surface area (Å²) in [5, 5.41) is 1.84. The van der Waals surface area contributed by atoms with Gasteiger partial charge in [-0.1, -0.05) is 36.4 Å². The van der Waals surface area contributed by atoms with Crippen molar-refractivity contribution in [2.24, 2.45) is 4.99 Å². The van der Waals surface area contributed by atoms with Crippen LogP contribution in [0, 0.1) is 0 Å². The summed E-state index contributed by atoms with van der Waals surface area (Å²) in [6.45, 7) is 1.54. The van der Waals surface area contributed by atoms with Gasteiger partial charge in [0.2, 0.25) is 5.90 Å². The number of Topliss-reactive ketones (excluding diaryl/α,β-unsaturated/α-hetero) is 1. The third-order valence-corrected chi connectivity index (χ3v) is 4.16. The fourth-order valence-corrected chi connectivity index (χ4v) is 2.80. The summed E-state index contributed by atoms with van der Waals surface area (Å²) in [7, 11) is 0. The first kappa shape index (κ1) is 15.2. The van der Waals surface area contributed by atoms with E-state index in [0.29, 0.717) is 16.5 Å². The zero-order chi connectivity index (χ0) is 16.1. The van der Waals surface area contributed by atoms with Crippen molar-refractivity contribution < 1.29 is 9.53 Å². The predicted octanol–water partition coefficient (Wildman–Crippen LogP) is 5.11. The summed E-state index contributed by atoms with van der Waals surface area (Å²) in [6, 6.07) is 21.1. The fourth-order valence-electron chi connectivity index (χ4n) is 2.09. The minimum Gasteiger partial charge on any atom is -0.437 e. The number of ketones is 1. The summed E-state index contributed by atoms with van der Waals surface area (Å²) in [6.07, 6.45) is 0. The van der Waals surface area contributed by atoms with Crippen molar-refractivity contribution in [3.8, 4) is 5.75 Å². The average molecular weight is 321 g/mol. The topological polar surface area (TPSA) is 38.7 Å². The van der Waals surface area contributed by atoms with Crippen molar-refractivity contribution in [3.05, 3.63) is 82.6 Å². The van der Waals surface area contributed by atoms with Gasteiger partial charge in [-0.3, -0.25) is 4.79 Å². The Bertz CT molecular complexity index is 823. The summed E-state index contributed by atoms with van der Waals surface area (Å²) < 4.78 is 5.98. The first-order chi connectivity index (χ1) is 11.2. The number of hydrogen-bond acceptors (Lipinski definition) is 4. The number of rotatable bonds is 4. The van der Waals surface area contributed by atoms with Gasteiger partial charge in [0.25, 0.3) is 0 Å². The van der Waals surface area contributed by atoms with E-state index in [1.54, 1.807) is 6.07 Å². The predicted molar refractivity (Wildman–Crippen MR) is 94.0 cm³/mol. The molecule has 1 aromatic heterocycles. The highest BCUT2D eigenvalue weighted by molar-refractivity contribution is 7.12. The van der Waals surface area contributed by atoms with Crippen LogP contribution in [0.15, 0.2) is 77.1 Å². The summed E-state index contributed by atoms with van der Waals surface area (Å²) in [5.74, 6) is 1.00. The van der Waals surface area contributed by atoms with Crippen LogP contribution in [0.5, 0.6) is 5.75 Å². The maximum absolute atomic E-state index is 11.7. The van der Waals surface area contributed by atoms with E-state index in [-0.39, 0.29) is 5.78 Å². The Morgan fingerprint density at radius 1 is 0.957 bits per heavy atom. The molecule has 0 amide bonds. The van der Waals surface area contributed by atoms with Gasteiger partial charge in [0.05, 0.1) is 5.69 Å². The molecule has 0 aliphatic rings. The van der Waals surface area contributed by atoms with Gasteiger partial charge in [0, 0.05) is 12.5 Å². The van der Waals surface area contributed by atoms with Crippen LogP contribution in [-0.4, -0.2) is 11.7 Å². The lowest BCUT2D eigenvalue weighted by Crippen LogP contribution is -2.11. The molecule has 0 aliphatic heterocycles. The first-order valence-corrected chi connectivity index (χ1v) is 8.07. The Hall–Kier alpha value is -2.72. The second-order valence-electron chi connectivity index (χ2n) is 4.89. The van der Waals surface area contributed by atoms with Crippen LogP contribution in [-0.2, 0) is 0 Å². The zero-order valence-corrected chi connectivity index (χ0v) is 13.4. The van der Waals surface area contributed by atoms with Crippen LogP contribution < -0.4 is 4.74 Å². The fraction of sp³-hybridized carbons (Fsp3) is 0.0526. The number of aliphatic imine (C=N–C) groups is 1. The maximum atomic E-state index is 11.7. The molecule has 0 bridgehead atoms. The molecule has 0 unspecified atom stereocenters. The molecule has 3 aromatic rings. The second kappa shape index (κ2) is 7.03. The Labute approximate surface area is 138 Å². The van der Waals surface area contributed by atoms with E-state index in [1.165, 1.54) is 18.3 Å². The normalized spacial score (nSPS) is 11.3. The van der Waals surface area contributed by atoms with Crippen molar-refractivity contribution >= 4 is 28.7 Å². The molecule has 23 heavy (non-hydrogen) atoms. The lowest BCUT2D eigenvalue weighted by molar-refractivity contribution is 0.102. The van der Waals surface area contributed by atoms with Gasteiger partial charge in [-0.15, -0.1) is 11.3 Å². The van der Waals surface area contributed by atoms with Crippen molar-refractivity contribution in [3.63, 3.8) is 0 Å². The van der Waals surface area contributed by atoms with Crippen LogP contribution in [0.4, 0.5) is 5.69 Å². The third-order valence-electron chi connectivity index (χ3n) is 3.16. The van der Waals surface area contributed by atoms with Gasteiger partial charge in [-0.2, -0.15) is 0 Å². The monoisotopic (exact) mass is 321 g/mol. The number of thiophene rings is 1. The van der Waals surface area contributed by atoms with Crippen LogP contribution in [0.1, 0.15) is 22.2 Å². The van der Waals surface area contributed by atoms with Gasteiger partial charge in [-0.05, 0) is 35.7 Å². The lowest BCUT2D eigenvalue weighted by Gasteiger charge is -2.09. The smallest absolute Gasteiger partial charge is 0.227 e. The highest BCUT2D eigenvalue weighted by atomic mass is 32.1. The molecular formula is C19H15NO2S. The SMILES string of the molecule is CC(=O)c1sccc1OC(=Nc1ccccc1)c1ccccc1. The molecule has 0 saturated heterocycles. The number of carbonyl (C=O) groups is 1. The van der Waals surface area contributed by atoms with E-state index >= 15 is 0 Å². The molecule has 0 saturated carbocycles. The van der Waals surface area contributed by atoms with Gasteiger partial charge < -0.3 is 4.74 Å². The Kier molecular flexibility index (Phi) is 4.64. The average Bonchev–Trinajstić information content (AvgIpc) is 3.04. The van der Waals surface area contributed by atoms with Crippen molar-refractivity contribution in [1.29, 1.82) is 0 Å². The third kappa shape index (κ3) is 3.73. The summed E-state index contributed by atoms with van der Waals surface area (Å²) >= 11 is 1.37. The standard InChI is InChI=1S/C19H15NO2S/c1-14(21)18-17(12-13-23-18)22-19(15-8-4-2-5-9-15)20-16-10-6-3-7-11-16/h2-13H,1H3. The number of ether oxygens (including phenoxy) is 1. The molecule has 0 radical (unpaired) electrons. The van der Waals surface area contributed by atoms with Gasteiger partial charge in [0.15, 0.2) is 11.5 Å². The molecule has 0 aliphatic carbocycles. The minimum atomic E-state index is -0.0119. The summed E-state index contributed by atoms with van der Waals surface area (Å²) in [5.41, 5.74) is 1.66. The molecule has 3 nitrogen and oxygen atoms in total. The first-order valence-electron chi connectivity index (χ1n) is 7.19. The number of benzene rings is 2. The van der Waals surface area contributed by atoms with Crippen molar-refractivity contribution in [2.45, 2.75) is 6.92 Å². The highest BCUT2D eigenvalue weighted by Crippen LogP contribution is 2.27.